The molecule has 1 rings (SSSR count). The first-order valence-electron chi connectivity index (χ1n) is 5.15. The molecule has 3 atom stereocenters. The van der Waals surface area contributed by atoms with Crippen molar-refractivity contribution in [2.24, 2.45) is 11.7 Å². The number of hydrogen-bond donors (Lipinski definition) is 2. The van der Waals surface area contributed by atoms with Crippen molar-refractivity contribution in [1.82, 2.24) is 5.32 Å². The van der Waals surface area contributed by atoms with E-state index >= 15 is 0 Å². The molecule has 0 aromatic rings. The van der Waals surface area contributed by atoms with E-state index in [-0.39, 0.29) is 11.9 Å². The quantitative estimate of drug-likeness (QED) is 0.688. The van der Waals surface area contributed by atoms with E-state index in [1.54, 1.807) is 0 Å². The van der Waals surface area contributed by atoms with Crippen molar-refractivity contribution < 1.29 is 4.79 Å². The minimum Gasteiger partial charge on any atom is -0.368 e. The third-order valence-corrected chi connectivity index (χ3v) is 2.85. The van der Waals surface area contributed by atoms with Crippen LogP contribution < -0.4 is 11.1 Å². The minimum atomic E-state index is -0.252. The molecule has 0 spiro atoms. The van der Waals surface area contributed by atoms with Gasteiger partial charge in [0.05, 0.1) is 6.04 Å². The summed E-state index contributed by atoms with van der Waals surface area (Å²) in [7, 11) is 0. The lowest BCUT2D eigenvalue weighted by Crippen LogP contribution is -2.45. The second-order valence-electron chi connectivity index (χ2n) is 4.26. The molecule has 0 heterocycles. The topological polar surface area (TPSA) is 55.1 Å². The first-order valence-corrected chi connectivity index (χ1v) is 5.15. The number of amides is 1. The molecule has 3 nitrogen and oxygen atoms in total. The normalized spacial score (nSPS) is 31.2. The summed E-state index contributed by atoms with van der Waals surface area (Å²) in [5, 5.41) is 3.27. The predicted molar refractivity (Wildman–Crippen MR) is 53.2 cm³/mol. The lowest BCUT2D eigenvalue weighted by molar-refractivity contribution is -0.119. The molecule has 3 N–H and O–H groups in total. The predicted octanol–water partition coefficient (Wildman–Crippen LogP) is 1.03. The van der Waals surface area contributed by atoms with Crippen LogP contribution in [0.3, 0.4) is 0 Å². The summed E-state index contributed by atoms with van der Waals surface area (Å²) in [6.45, 7) is 4.10. The standard InChI is InChI=1S/C10H20N2O/c1-7-4-3-5-9(6-7)12-8(2)10(11)13/h7-9,12H,3-6H2,1-2H3,(H2,11,13). The lowest BCUT2D eigenvalue weighted by Gasteiger charge is -2.29. The molecular weight excluding hydrogens is 164 g/mol. The van der Waals surface area contributed by atoms with Crippen LogP contribution in [0.5, 0.6) is 0 Å². The van der Waals surface area contributed by atoms with Crippen LogP contribution in [0, 0.1) is 5.92 Å². The molecule has 3 heteroatoms. The Balaban J connectivity index is 2.31. The molecule has 76 valence electrons. The first-order chi connectivity index (χ1) is 6.09. The van der Waals surface area contributed by atoms with Crippen molar-refractivity contribution in [3.8, 4) is 0 Å². The highest BCUT2D eigenvalue weighted by atomic mass is 16.1. The second-order valence-corrected chi connectivity index (χ2v) is 4.26. The molecule has 1 aliphatic carbocycles. The zero-order valence-corrected chi connectivity index (χ0v) is 8.55. The van der Waals surface area contributed by atoms with Crippen LogP contribution >= 0.6 is 0 Å². The number of nitrogens with two attached hydrogens (primary N) is 1. The minimum absolute atomic E-state index is 0.185. The third-order valence-electron chi connectivity index (χ3n) is 2.85. The highest BCUT2D eigenvalue weighted by Crippen LogP contribution is 2.23. The Morgan fingerprint density at radius 3 is 2.77 bits per heavy atom. The van der Waals surface area contributed by atoms with Gasteiger partial charge < -0.3 is 11.1 Å². The summed E-state index contributed by atoms with van der Waals surface area (Å²) < 4.78 is 0. The molecule has 1 aliphatic rings. The summed E-state index contributed by atoms with van der Waals surface area (Å²) in [5.74, 6) is 0.532. The number of carbonyl (C=O) groups is 1. The van der Waals surface area contributed by atoms with Gasteiger partial charge in [-0.2, -0.15) is 0 Å². The largest absolute Gasteiger partial charge is 0.368 e. The van der Waals surface area contributed by atoms with E-state index in [0.29, 0.717) is 6.04 Å². The smallest absolute Gasteiger partial charge is 0.234 e. The van der Waals surface area contributed by atoms with Gasteiger partial charge in [-0.15, -0.1) is 0 Å². The molecule has 0 bridgehead atoms. The number of rotatable bonds is 3. The van der Waals surface area contributed by atoms with Gasteiger partial charge in [-0.3, -0.25) is 4.79 Å². The zero-order valence-electron chi connectivity index (χ0n) is 8.55. The maximum Gasteiger partial charge on any atom is 0.234 e. The molecule has 0 saturated heterocycles. The maximum absolute atomic E-state index is 10.8. The van der Waals surface area contributed by atoms with Crippen LogP contribution in [0.1, 0.15) is 39.5 Å². The monoisotopic (exact) mass is 184 g/mol. The summed E-state index contributed by atoms with van der Waals surface area (Å²) in [4.78, 5) is 10.8. The van der Waals surface area contributed by atoms with Gasteiger partial charge in [-0.05, 0) is 25.7 Å². The Kier molecular flexibility index (Phi) is 3.72. The van der Waals surface area contributed by atoms with Gasteiger partial charge in [0.15, 0.2) is 0 Å². The SMILES string of the molecule is CC1CCCC(NC(C)C(N)=O)C1. The van der Waals surface area contributed by atoms with Gasteiger partial charge in [0.2, 0.25) is 5.91 Å². The van der Waals surface area contributed by atoms with E-state index < -0.39 is 0 Å². The summed E-state index contributed by atoms with van der Waals surface area (Å²) in [5.41, 5.74) is 5.19. The average Bonchev–Trinajstić information content (AvgIpc) is 2.04. The summed E-state index contributed by atoms with van der Waals surface area (Å²) >= 11 is 0. The molecule has 1 saturated carbocycles. The van der Waals surface area contributed by atoms with Gasteiger partial charge in [0.25, 0.3) is 0 Å². The van der Waals surface area contributed by atoms with E-state index in [1.807, 2.05) is 6.92 Å². The van der Waals surface area contributed by atoms with Gasteiger partial charge in [-0.25, -0.2) is 0 Å². The molecule has 0 aliphatic heterocycles. The summed E-state index contributed by atoms with van der Waals surface area (Å²) in [6.07, 6.45) is 4.95. The van der Waals surface area contributed by atoms with E-state index in [4.69, 9.17) is 5.73 Å². The molecule has 1 amide bonds. The van der Waals surface area contributed by atoms with E-state index in [2.05, 4.69) is 12.2 Å². The van der Waals surface area contributed by atoms with Gasteiger partial charge in [0.1, 0.15) is 0 Å². The van der Waals surface area contributed by atoms with E-state index in [1.165, 1.54) is 25.7 Å². The second kappa shape index (κ2) is 4.61. The van der Waals surface area contributed by atoms with Crippen molar-refractivity contribution in [3.05, 3.63) is 0 Å². The van der Waals surface area contributed by atoms with Crippen LogP contribution in [0.25, 0.3) is 0 Å². The van der Waals surface area contributed by atoms with Crippen LogP contribution in [-0.2, 0) is 4.79 Å². The lowest BCUT2D eigenvalue weighted by atomic mass is 9.87. The molecular formula is C10H20N2O. The fraction of sp³-hybridized carbons (Fsp3) is 0.900. The van der Waals surface area contributed by atoms with Crippen molar-refractivity contribution in [2.45, 2.75) is 51.6 Å². The van der Waals surface area contributed by atoms with Crippen molar-refractivity contribution >= 4 is 5.91 Å². The highest BCUT2D eigenvalue weighted by Gasteiger charge is 2.21. The zero-order chi connectivity index (χ0) is 9.84. The van der Waals surface area contributed by atoms with Crippen LogP contribution in [-0.4, -0.2) is 18.0 Å². The maximum atomic E-state index is 10.8. The Labute approximate surface area is 80.1 Å². The molecule has 3 unspecified atom stereocenters. The Morgan fingerprint density at radius 1 is 1.54 bits per heavy atom. The highest BCUT2D eigenvalue weighted by molar-refractivity contribution is 5.79. The molecule has 0 aromatic carbocycles. The molecule has 0 aromatic heterocycles. The molecule has 1 fully saturated rings. The molecule has 13 heavy (non-hydrogen) atoms. The fourth-order valence-electron chi connectivity index (χ4n) is 2.02. The Bertz CT molecular complexity index is 182. The Morgan fingerprint density at radius 2 is 2.23 bits per heavy atom. The van der Waals surface area contributed by atoms with Crippen molar-refractivity contribution in [3.63, 3.8) is 0 Å². The third kappa shape index (κ3) is 3.35. The van der Waals surface area contributed by atoms with Gasteiger partial charge in [0, 0.05) is 6.04 Å². The van der Waals surface area contributed by atoms with Crippen molar-refractivity contribution in [2.75, 3.05) is 0 Å². The van der Waals surface area contributed by atoms with Crippen LogP contribution in [0.2, 0.25) is 0 Å². The molecule has 0 radical (unpaired) electrons. The average molecular weight is 184 g/mol. The van der Waals surface area contributed by atoms with Gasteiger partial charge in [-0.1, -0.05) is 19.8 Å². The van der Waals surface area contributed by atoms with Crippen LogP contribution in [0.15, 0.2) is 0 Å². The van der Waals surface area contributed by atoms with Gasteiger partial charge >= 0.3 is 0 Å². The number of primary amides is 1. The first kappa shape index (κ1) is 10.5. The number of hydrogen-bond acceptors (Lipinski definition) is 2. The van der Waals surface area contributed by atoms with Crippen LogP contribution in [0.4, 0.5) is 0 Å². The summed E-state index contributed by atoms with van der Waals surface area (Å²) in [6, 6.07) is 0.307. The number of nitrogens with one attached hydrogen (secondary N) is 1. The van der Waals surface area contributed by atoms with E-state index in [9.17, 15) is 4.79 Å². The number of carbonyl (C=O) groups excluding carboxylic acids is 1. The van der Waals surface area contributed by atoms with E-state index in [0.717, 1.165) is 5.92 Å². The fourth-order valence-corrected chi connectivity index (χ4v) is 2.02. The van der Waals surface area contributed by atoms with Crippen molar-refractivity contribution in [1.29, 1.82) is 0 Å². The Hall–Kier alpha value is -0.570.